The van der Waals surface area contributed by atoms with Gasteiger partial charge in [0, 0.05) is 21.1 Å². The van der Waals surface area contributed by atoms with E-state index in [0.717, 1.165) is 6.21 Å². The summed E-state index contributed by atoms with van der Waals surface area (Å²) in [5, 5.41) is 13.1. The molecule has 0 fully saturated rings. The normalized spacial score (nSPS) is 9.23. The third-order valence-electron chi connectivity index (χ3n) is 1.15. The third-order valence-corrected chi connectivity index (χ3v) is 1.15. The predicted molar refractivity (Wildman–Crippen MR) is 44.2 cm³/mol. The SMILES string of the molecule is O=C(/C=N\O)Nc1c[c-]ccc1.[W]. The quantitative estimate of drug-likeness (QED) is 0.361. The van der Waals surface area contributed by atoms with Gasteiger partial charge in [0.1, 0.15) is 6.21 Å². The summed E-state index contributed by atoms with van der Waals surface area (Å²) in [6.45, 7) is 0. The molecule has 0 aliphatic carbocycles. The van der Waals surface area contributed by atoms with E-state index in [9.17, 15) is 4.79 Å². The van der Waals surface area contributed by atoms with Gasteiger partial charge in [-0.05, 0) is 0 Å². The molecule has 1 amide bonds. The maximum absolute atomic E-state index is 10.8. The van der Waals surface area contributed by atoms with Crippen LogP contribution in [-0.2, 0) is 25.9 Å². The van der Waals surface area contributed by atoms with E-state index in [-0.39, 0.29) is 21.1 Å². The van der Waals surface area contributed by atoms with Crippen molar-refractivity contribution < 1.29 is 31.1 Å². The first-order valence-electron chi connectivity index (χ1n) is 3.27. The second-order valence-electron chi connectivity index (χ2n) is 2.03. The molecule has 0 unspecified atom stereocenters. The number of benzene rings is 1. The molecule has 68 valence electrons. The van der Waals surface area contributed by atoms with Crippen molar-refractivity contribution in [1.82, 2.24) is 0 Å². The molecule has 0 atom stereocenters. The molecule has 0 saturated carbocycles. The van der Waals surface area contributed by atoms with Gasteiger partial charge in [0.2, 0.25) is 0 Å². The Hall–Kier alpha value is -1.15. The molecule has 0 bridgehead atoms. The molecule has 0 saturated heterocycles. The van der Waals surface area contributed by atoms with Crippen LogP contribution in [-0.4, -0.2) is 17.3 Å². The molecule has 0 heterocycles. The molecule has 5 heteroatoms. The van der Waals surface area contributed by atoms with Gasteiger partial charge in [-0.2, -0.15) is 24.3 Å². The Morgan fingerprint density at radius 2 is 2.46 bits per heavy atom. The second kappa shape index (κ2) is 6.37. The van der Waals surface area contributed by atoms with E-state index in [4.69, 9.17) is 5.21 Å². The molecule has 1 aromatic rings. The van der Waals surface area contributed by atoms with E-state index in [0.29, 0.717) is 5.69 Å². The maximum Gasteiger partial charge on any atom is 0.259 e. The van der Waals surface area contributed by atoms with Crippen LogP contribution in [0.25, 0.3) is 0 Å². The van der Waals surface area contributed by atoms with Crippen molar-refractivity contribution in [3.8, 4) is 0 Å². The molecule has 4 nitrogen and oxygen atoms in total. The Morgan fingerprint density at radius 1 is 1.69 bits per heavy atom. The summed E-state index contributed by atoms with van der Waals surface area (Å²) < 4.78 is 0. The average molecular weight is 347 g/mol. The van der Waals surface area contributed by atoms with Gasteiger partial charge in [-0.25, -0.2) is 0 Å². The Morgan fingerprint density at radius 3 is 3.00 bits per heavy atom. The van der Waals surface area contributed by atoms with E-state index < -0.39 is 5.91 Å². The van der Waals surface area contributed by atoms with Crippen molar-refractivity contribution in [1.29, 1.82) is 0 Å². The molecule has 0 spiro atoms. The topological polar surface area (TPSA) is 61.7 Å². The summed E-state index contributed by atoms with van der Waals surface area (Å²) in [5.41, 5.74) is 0.613. The van der Waals surface area contributed by atoms with Gasteiger partial charge < -0.3 is 10.5 Å². The van der Waals surface area contributed by atoms with Gasteiger partial charge in [-0.15, -0.1) is 6.07 Å². The summed E-state index contributed by atoms with van der Waals surface area (Å²) in [5.74, 6) is -0.475. The van der Waals surface area contributed by atoms with Crippen molar-refractivity contribution in [2.24, 2.45) is 5.16 Å². The summed E-state index contributed by atoms with van der Waals surface area (Å²) in [6.07, 6.45) is 0.785. The van der Waals surface area contributed by atoms with Gasteiger partial charge in [0.05, 0.1) is 0 Å². The fraction of sp³-hybridized carbons (Fsp3) is 0. The largest absolute Gasteiger partial charge is 0.411 e. The van der Waals surface area contributed by atoms with Crippen molar-refractivity contribution in [3.63, 3.8) is 0 Å². The van der Waals surface area contributed by atoms with Crippen LogP contribution in [0, 0.1) is 6.07 Å². The summed E-state index contributed by atoms with van der Waals surface area (Å²) in [7, 11) is 0. The zero-order valence-corrected chi connectivity index (χ0v) is 9.53. The van der Waals surface area contributed by atoms with Crippen LogP contribution in [0.1, 0.15) is 0 Å². The molecular weight excluding hydrogens is 340 g/mol. The maximum atomic E-state index is 10.8. The predicted octanol–water partition coefficient (Wildman–Crippen LogP) is 0.883. The van der Waals surface area contributed by atoms with Crippen LogP contribution in [0.4, 0.5) is 5.69 Å². The third kappa shape index (κ3) is 4.43. The minimum absolute atomic E-state index is 0. The zero-order valence-electron chi connectivity index (χ0n) is 6.60. The van der Waals surface area contributed by atoms with Crippen molar-refractivity contribution in [2.75, 3.05) is 5.32 Å². The fourth-order valence-corrected chi connectivity index (χ4v) is 0.698. The van der Waals surface area contributed by atoms with Crippen LogP contribution in [0.2, 0.25) is 0 Å². The van der Waals surface area contributed by atoms with Gasteiger partial charge >= 0.3 is 0 Å². The molecule has 13 heavy (non-hydrogen) atoms. The standard InChI is InChI=1S/C8H7N2O2.W/c11-8(6-9-12)10-7-4-2-1-3-5-7;/h1-2,4-6,12H,(H,10,11);/q-1;/b9-6-;. The number of amides is 1. The Balaban J connectivity index is 0.00000144. The van der Waals surface area contributed by atoms with Crippen LogP contribution in [0.5, 0.6) is 0 Å². The van der Waals surface area contributed by atoms with E-state index in [1.165, 1.54) is 0 Å². The number of carbonyl (C=O) groups is 1. The second-order valence-corrected chi connectivity index (χ2v) is 2.03. The number of hydrogen-bond donors (Lipinski definition) is 2. The smallest absolute Gasteiger partial charge is 0.259 e. The first-order valence-corrected chi connectivity index (χ1v) is 3.27. The van der Waals surface area contributed by atoms with Gasteiger partial charge in [0.25, 0.3) is 5.91 Å². The number of carbonyl (C=O) groups excluding carboxylic acids is 1. The summed E-state index contributed by atoms with van der Waals surface area (Å²) in [4.78, 5) is 10.8. The first kappa shape index (κ1) is 11.8. The molecule has 2 N–H and O–H groups in total. The molecule has 0 aromatic heterocycles. The number of nitrogens with zero attached hydrogens (tertiary/aromatic N) is 1. The first-order chi connectivity index (χ1) is 5.83. The van der Waals surface area contributed by atoms with Crippen molar-refractivity contribution in [2.45, 2.75) is 0 Å². The average Bonchev–Trinajstić information content (AvgIpc) is 2.06. The zero-order chi connectivity index (χ0) is 8.81. The number of anilines is 1. The number of nitrogens with one attached hydrogen (secondary N) is 1. The van der Waals surface area contributed by atoms with E-state index >= 15 is 0 Å². The van der Waals surface area contributed by atoms with Gasteiger partial charge in [-0.1, -0.05) is 10.8 Å². The van der Waals surface area contributed by atoms with Crippen LogP contribution >= 0.6 is 0 Å². The number of hydrogen-bond acceptors (Lipinski definition) is 3. The van der Waals surface area contributed by atoms with Crippen LogP contribution < -0.4 is 5.32 Å². The van der Waals surface area contributed by atoms with Crippen molar-refractivity contribution in [3.05, 3.63) is 30.3 Å². The van der Waals surface area contributed by atoms with Crippen LogP contribution in [0.15, 0.2) is 29.4 Å². The Labute approximate surface area is 89.9 Å². The fourth-order valence-electron chi connectivity index (χ4n) is 0.698. The van der Waals surface area contributed by atoms with E-state index in [2.05, 4.69) is 16.5 Å². The van der Waals surface area contributed by atoms with E-state index in [1.807, 2.05) is 0 Å². The molecular formula is C8H7N2O2W-. The molecule has 1 rings (SSSR count). The number of rotatable bonds is 2. The Bertz CT molecular complexity index is 287. The minimum Gasteiger partial charge on any atom is -0.411 e. The van der Waals surface area contributed by atoms with Gasteiger partial charge in [-0.3, -0.25) is 4.79 Å². The number of oxime groups is 1. The minimum atomic E-state index is -0.475. The summed E-state index contributed by atoms with van der Waals surface area (Å²) >= 11 is 0. The van der Waals surface area contributed by atoms with Crippen LogP contribution in [0.3, 0.4) is 0 Å². The molecule has 1 aromatic carbocycles. The molecule has 0 aliphatic heterocycles. The van der Waals surface area contributed by atoms with E-state index in [1.54, 1.807) is 24.3 Å². The van der Waals surface area contributed by atoms with Crippen molar-refractivity contribution >= 4 is 17.8 Å². The summed E-state index contributed by atoms with van der Waals surface area (Å²) in [6, 6.07) is 9.57. The molecule has 0 radical (unpaired) electrons. The Kier molecular flexibility index (Phi) is 5.81. The monoisotopic (exact) mass is 347 g/mol. The van der Waals surface area contributed by atoms with Gasteiger partial charge in [0.15, 0.2) is 0 Å². The molecule has 0 aliphatic rings.